The molecule has 2 saturated carbocycles. The molecule has 4 aliphatic rings. The van der Waals surface area contributed by atoms with Gasteiger partial charge in [0.2, 0.25) is 23.6 Å². The molecule has 6 atom stereocenters. The molecule has 4 rings (SSSR count). The minimum absolute atomic E-state index is 0.103. The van der Waals surface area contributed by atoms with Crippen molar-refractivity contribution in [2.24, 2.45) is 35.5 Å². The van der Waals surface area contributed by atoms with E-state index in [0.29, 0.717) is 38.5 Å². The van der Waals surface area contributed by atoms with Crippen molar-refractivity contribution in [3.05, 3.63) is 0 Å². The lowest BCUT2D eigenvalue weighted by Gasteiger charge is -2.33. The average Bonchev–Trinajstić information content (AvgIpc) is 3.02. The second kappa shape index (κ2) is 5.50. The van der Waals surface area contributed by atoms with E-state index < -0.39 is 0 Å². The largest absolute Gasteiger partial charge is 0.299 e. The number of imide groups is 2. The first-order chi connectivity index (χ1) is 11.5. The molecule has 0 bridgehead atoms. The fourth-order valence-corrected chi connectivity index (χ4v) is 5.01. The van der Waals surface area contributed by atoms with Crippen molar-refractivity contribution >= 4 is 29.4 Å². The van der Waals surface area contributed by atoms with E-state index in [9.17, 15) is 24.0 Å². The molecule has 0 radical (unpaired) electrons. The number of hydrogen-bond acceptors (Lipinski definition) is 5. The Labute approximate surface area is 138 Å². The van der Waals surface area contributed by atoms with Crippen LogP contribution in [0.1, 0.15) is 38.5 Å². The number of Topliss-reactive ketones (excluding diaryl/α,β-unsaturated/α-hetero) is 1. The van der Waals surface area contributed by atoms with Gasteiger partial charge in [0.25, 0.3) is 0 Å². The molecule has 7 nitrogen and oxygen atoms in total. The lowest BCUT2D eigenvalue weighted by molar-refractivity contribution is -0.134. The van der Waals surface area contributed by atoms with Crippen LogP contribution >= 0.6 is 0 Å². The van der Waals surface area contributed by atoms with E-state index >= 15 is 0 Å². The Bertz CT molecular complexity index is 603. The highest BCUT2D eigenvalue weighted by Crippen LogP contribution is 2.43. The van der Waals surface area contributed by atoms with Gasteiger partial charge < -0.3 is 0 Å². The Morgan fingerprint density at radius 2 is 1.00 bits per heavy atom. The Morgan fingerprint density at radius 3 is 1.42 bits per heavy atom. The average molecular weight is 332 g/mol. The molecular formula is C17H20N2O5. The van der Waals surface area contributed by atoms with Crippen LogP contribution in [0.4, 0.5) is 0 Å². The summed E-state index contributed by atoms with van der Waals surface area (Å²) in [4.78, 5) is 60.0. The number of ketones is 1. The minimum atomic E-state index is -0.382. The van der Waals surface area contributed by atoms with Gasteiger partial charge in [0, 0.05) is 11.8 Å². The van der Waals surface area contributed by atoms with Crippen LogP contribution in [0, 0.1) is 35.5 Å². The molecule has 6 unspecified atom stereocenters. The maximum absolute atomic E-state index is 12.9. The zero-order chi connectivity index (χ0) is 17.0. The summed E-state index contributed by atoms with van der Waals surface area (Å²) in [5.74, 6) is -2.60. The van der Waals surface area contributed by atoms with Gasteiger partial charge in [0.1, 0.15) is 5.78 Å². The van der Waals surface area contributed by atoms with Gasteiger partial charge in [-0.15, -0.1) is 0 Å². The van der Waals surface area contributed by atoms with Crippen LogP contribution in [-0.4, -0.2) is 29.4 Å². The summed E-state index contributed by atoms with van der Waals surface area (Å²) in [6, 6.07) is 0. The second-order valence-electron chi connectivity index (χ2n) is 7.56. The first kappa shape index (κ1) is 15.5. The van der Waals surface area contributed by atoms with Crippen molar-refractivity contribution in [3.63, 3.8) is 0 Å². The van der Waals surface area contributed by atoms with Gasteiger partial charge in [-0.3, -0.25) is 34.6 Å². The molecule has 0 spiro atoms. The summed E-state index contributed by atoms with van der Waals surface area (Å²) in [5.41, 5.74) is 0. The van der Waals surface area contributed by atoms with Crippen LogP contribution in [0.2, 0.25) is 0 Å². The molecule has 0 aromatic carbocycles. The lowest BCUT2D eigenvalue weighted by atomic mass is 9.67. The van der Waals surface area contributed by atoms with E-state index in [1.165, 1.54) is 0 Å². The topological polar surface area (TPSA) is 109 Å². The number of hydrogen-bond donors (Lipinski definition) is 2. The third-order valence-electron chi connectivity index (χ3n) is 6.35. The second-order valence-corrected chi connectivity index (χ2v) is 7.56. The molecule has 2 aliphatic carbocycles. The standard InChI is InChI=1S/C17H20N2O5/c20-13(7-1-3-9-11(5-7)16(23)18-14(9)21)8-2-4-10-12(6-8)17(24)19-15(10)22/h7-12H,1-6H2,(H,18,21,23)(H,19,22,24). The minimum Gasteiger partial charge on any atom is -0.299 e. The van der Waals surface area contributed by atoms with Gasteiger partial charge >= 0.3 is 0 Å². The fourth-order valence-electron chi connectivity index (χ4n) is 5.01. The summed E-state index contributed by atoms with van der Waals surface area (Å²) in [6.07, 6.45) is 3.23. The number of carbonyl (C=O) groups excluding carboxylic acids is 5. The van der Waals surface area contributed by atoms with Crippen molar-refractivity contribution < 1.29 is 24.0 Å². The third-order valence-corrected chi connectivity index (χ3v) is 6.35. The molecule has 7 heteroatoms. The molecule has 0 aromatic rings. The molecule has 0 aromatic heterocycles. The van der Waals surface area contributed by atoms with E-state index in [1.807, 2.05) is 0 Å². The molecule has 128 valence electrons. The number of nitrogens with one attached hydrogen (secondary N) is 2. The van der Waals surface area contributed by atoms with Crippen molar-refractivity contribution in [2.45, 2.75) is 38.5 Å². The Balaban J connectivity index is 1.43. The molecule has 4 fully saturated rings. The van der Waals surface area contributed by atoms with Crippen LogP contribution in [0.25, 0.3) is 0 Å². The number of rotatable bonds is 2. The highest BCUT2D eigenvalue weighted by molar-refractivity contribution is 6.06. The van der Waals surface area contributed by atoms with Crippen LogP contribution in [0.15, 0.2) is 0 Å². The third kappa shape index (κ3) is 2.29. The lowest BCUT2D eigenvalue weighted by Crippen LogP contribution is -2.37. The molecule has 2 aliphatic heterocycles. The Morgan fingerprint density at radius 1 is 0.625 bits per heavy atom. The smallest absolute Gasteiger partial charge is 0.230 e. The van der Waals surface area contributed by atoms with Crippen molar-refractivity contribution in [2.75, 3.05) is 0 Å². The molecular weight excluding hydrogens is 312 g/mol. The summed E-state index contributed by atoms with van der Waals surface area (Å²) in [6.45, 7) is 0. The summed E-state index contributed by atoms with van der Waals surface area (Å²) >= 11 is 0. The van der Waals surface area contributed by atoms with Gasteiger partial charge in [-0.05, 0) is 38.5 Å². The fraction of sp³-hybridized carbons (Fsp3) is 0.706. The first-order valence-electron chi connectivity index (χ1n) is 8.69. The van der Waals surface area contributed by atoms with Gasteiger partial charge in [-0.25, -0.2) is 0 Å². The highest BCUT2D eigenvalue weighted by atomic mass is 16.2. The Hall–Kier alpha value is -2.05. The predicted molar refractivity (Wildman–Crippen MR) is 79.9 cm³/mol. The van der Waals surface area contributed by atoms with Crippen molar-refractivity contribution in [3.8, 4) is 0 Å². The quantitative estimate of drug-likeness (QED) is 0.688. The zero-order valence-electron chi connectivity index (χ0n) is 13.2. The van der Waals surface area contributed by atoms with Gasteiger partial charge in [-0.2, -0.15) is 0 Å². The maximum Gasteiger partial charge on any atom is 0.230 e. The van der Waals surface area contributed by atoms with E-state index in [2.05, 4.69) is 10.6 Å². The molecule has 2 heterocycles. The van der Waals surface area contributed by atoms with E-state index in [0.717, 1.165) is 0 Å². The zero-order valence-corrected chi connectivity index (χ0v) is 13.2. The highest BCUT2D eigenvalue weighted by Gasteiger charge is 2.50. The predicted octanol–water partition coefficient (Wildman–Crippen LogP) is -0.0667. The molecule has 24 heavy (non-hydrogen) atoms. The monoisotopic (exact) mass is 332 g/mol. The molecule has 2 N–H and O–H groups in total. The number of fused-ring (bicyclic) bond motifs is 2. The van der Waals surface area contributed by atoms with E-state index in [-0.39, 0.29) is 64.9 Å². The summed E-state index contributed by atoms with van der Waals surface area (Å²) < 4.78 is 0. The van der Waals surface area contributed by atoms with Crippen LogP contribution in [0.3, 0.4) is 0 Å². The van der Waals surface area contributed by atoms with E-state index in [1.54, 1.807) is 0 Å². The van der Waals surface area contributed by atoms with Crippen LogP contribution in [0.5, 0.6) is 0 Å². The first-order valence-corrected chi connectivity index (χ1v) is 8.69. The molecule has 2 saturated heterocycles. The van der Waals surface area contributed by atoms with Gasteiger partial charge in [0.05, 0.1) is 23.7 Å². The van der Waals surface area contributed by atoms with Gasteiger partial charge in [0.15, 0.2) is 0 Å². The summed E-state index contributed by atoms with van der Waals surface area (Å²) in [5, 5.41) is 4.72. The maximum atomic E-state index is 12.9. The van der Waals surface area contributed by atoms with Gasteiger partial charge in [-0.1, -0.05) is 0 Å². The normalized spacial score (nSPS) is 41.5. The van der Waals surface area contributed by atoms with E-state index in [4.69, 9.17) is 0 Å². The molecule has 4 amide bonds. The Kier molecular flexibility index (Phi) is 3.54. The van der Waals surface area contributed by atoms with Crippen molar-refractivity contribution in [1.29, 1.82) is 0 Å². The van der Waals surface area contributed by atoms with Crippen LogP contribution < -0.4 is 10.6 Å². The SMILES string of the molecule is O=C(C1CCC2C(=O)NC(=O)C2C1)C1CCC2C(=O)NC(=O)C2C1. The number of carbonyl (C=O) groups is 5. The van der Waals surface area contributed by atoms with Crippen LogP contribution in [-0.2, 0) is 24.0 Å². The number of amides is 4. The summed E-state index contributed by atoms with van der Waals surface area (Å²) in [7, 11) is 0. The van der Waals surface area contributed by atoms with Crippen molar-refractivity contribution in [1.82, 2.24) is 10.6 Å².